The average molecular weight is 337 g/mol. The summed E-state index contributed by atoms with van der Waals surface area (Å²) in [5, 5.41) is 19.7. The van der Waals surface area contributed by atoms with Gasteiger partial charge in [0.1, 0.15) is 17.6 Å². The Morgan fingerprint density at radius 3 is 2.56 bits per heavy atom. The van der Waals surface area contributed by atoms with Crippen LogP contribution in [0.15, 0.2) is 53.6 Å². The maximum Gasteiger partial charge on any atom is 0.337 e. The second-order valence-corrected chi connectivity index (χ2v) is 4.74. The lowest BCUT2D eigenvalue weighted by atomic mass is 10.2. The van der Waals surface area contributed by atoms with Crippen LogP contribution in [0.5, 0.6) is 11.5 Å². The van der Waals surface area contributed by atoms with Gasteiger partial charge in [-0.25, -0.2) is 4.79 Å². The van der Waals surface area contributed by atoms with Crippen molar-refractivity contribution in [1.82, 2.24) is 0 Å². The lowest BCUT2D eigenvalue weighted by Gasteiger charge is -2.08. The number of carbonyl (C=O) groups is 1. The number of amidine groups is 1. The molecule has 2 aromatic carbocycles. The Bertz CT molecular complexity index is 853. The molecule has 0 saturated heterocycles. The topological polar surface area (TPSA) is 134 Å². The lowest BCUT2D eigenvalue weighted by molar-refractivity contribution is 0.0600. The summed E-state index contributed by atoms with van der Waals surface area (Å²) < 4.78 is 10.3. The number of rotatable bonds is 6. The van der Waals surface area contributed by atoms with Gasteiger partial charge in [-0.15, -0.1) is 0 Å². The third-order valence-corrected chi connectivity index (χ3v) is 3.00. The van der Waals surface area contributed by atoms with Crippen molar-refractivity contribution in [2.24, 2.45) is 10.8 Å². The van der Waals surface area contributed by atoms with Crippen LogP contribution in [0.25, 0.3) is 0 Å². The number of nitrogens with one attached hydrogen (secondary N) is 2. The van der Waals surface area contributed by atoms with Crippen LogP contribution in [0, 0.1) is 16.7 Å². The summed E-state index contributed by atoms with van der Waals surface area (Å²) in [7, 11) is 1.32. The van der Waals surface area contributed by atoms with Crippen LogP contribution in [-0.4, -0.2) is 24.6 Å². The maximum atomic E-state index is 11.4. The van der Waals surface area contributed by atoms with E-state index in [0.717, 1.165) is 0 Å². The van der Waals surface area contributed by atoms with E-state index >= 15 is 0 Å². The first-order chi connectivity index (χ1) is 12.0. The number of nitrogens with zero attached hydrogens (tertiary/aromatic N) is 2. The van der Waals surface area contributed by atoms with Crippen molar-refractivity contribution in [3.63, 3.8) is 0 Å². The number of nitriles is 1. The van der Waals surface area contributed by atoms with Gasteiger partial charge < -0.3 is 15.2 Å². The molecule has 0 unspecified atom stereocenters. The summed E-state index contributed by atoms with van der Waals surface area (Å²) in [4.78, 5) is 11.4. The minimum absolute atomic E-state index is 0.218. The maximum absolute atomic E-state index is 11.4. The summed E-state index contributed by atoms with van der Waals surface area (Å²) in [5.74, 6) is 0.213. The summed E-state index contributed by atoms with van der Waals surface area (Å²) in [6, 6.07) is 15.0. The highest BCUT2D eigenvalue weighted by molar-refractivity contribution is 6.45. The van der Waals surface area contributed by atoms with E-state index in [1.807, 2.05) is 0 Å². The highest BCUT2D eigenvalue weighted by Gasteiger charge is 2.06. The second-order valence-electron chi connectivity index (χ2n) is 4.74. The minimum atomic E-state index is -0.423. The third-order valence-electron chi connectivity index (χ3n) is 3.00. The van der Waals surface area contributed by atoms with Gasteiger partial charge in [0.05, 0.1) is 18.4 Å². The summed E-state index contributed by atoms with van der Waals surface area (Å²) in [6.07, 6.45) is 0. The average Bonchev–Trinajstić information content (AvgIpc) is 2.62. The lowest BCUT2D eigenvalue weighted by Crippen LogP contribution is -2.21. The van der Waals surface area contributed by atoms with Crippen LogP contribution in [0.4, 0.5) is 5.69 Å². The van der Waals surface area contributed by atoms with E-state index in [9.17, 15) is 4.79 Å². The molecule has 0 radical (unpaired) electrons. The number of esters is 1. The SMILES string of the molecule is COC(=O)c1ccc(Oc2cccc(N/N=C(\C#N)C(=N)N)c2)cc1. The van der Waals surface area contributed by atoms with Crippen molar-refractivity contribution in [2.45, 2.75) is 0 Å². The fraction of sp³-hybridized carbons (Fsp3) is 0.0588. The molecule has 0 spiro atoms. The molecule has 2 rings (SSSR count). The molecule has 8 nitrogen and oxygen atoms in total. The highest BCUT2D eigenvalue weighted by atomic mass is 16.5. The number of ether oxygens (including phenoxy) is 2. The van der Waals surface area contributed by atoms with Crippen molar-refractivity contribution >= 4 is 23.2 Å². The molecule has 4 N–H and O–H groups in total. The molecular formula is C17H15N5O3. The van der Waals surface area contributed by atoms with Gasteiger partial charge in [0.15, 0.2) is 5.84 Å². The van der Waals surface area contributed by atoms with E-state index in [0.29, 0.717) is 22.7 Å². The van der Waals surface area contributed by atoms with Crippen LogP contribution in [0.1, 0.15) is 10.4 Å². The minimum Gasteiger partial charge on any atom is -0.465 e. The van der Waals surface area contributed by atoms with Crippen LogP contribution in [-0.2, 0) is 4.74 Å². The van der Waals surface area contributed by atoms with Crippen molar-refractivity contribution < 1.29 is 14.3 Å². The Balaban J connectivity index is 2.10. The number of anilines is 1. The first kappa shape index (κ1) is 17.5. The molecule has 126 valence electrons. The largest absolute Gasteiger partial charge is 0.465 e. The van der Waals surface area contributed by atoms with Crippen LogP contribution in [0.2, 0.25) is 0 Å². The van der Waals surface area contributed by atoms with Crippen molar-refractivity contribution in [3.8, 4) is 17.6 Å². The van der Waals surface area contributed by atoms with Gasteiger partial charge in [0.25, 0.3) is 0 Å². The zero-order chi connectivity index (χ0) is 18.2. The normalized spacial score (nSPS) is 10.5. The van der Waals surface area contributed by atoms with Gasteiger partial charge in [-0.2, -0.15) is 10.4 Å². The number of benzene rings is 2. The zero-order valence-corrected chi connectivity index (χ0v) is 13.3. The van der Waals surface area contributed by atoms with Crippen LogP contribution < -0.4 is 15.9 Å². The van der Waals surface area contributed by atoms with Crippen molar-refractivity contribution in [1.29, 1.82) is 10.7 Å². The third kappa shape index (κ3) is 4.80. The number of carbonyl (C=O) groups excluding carboxylic acids is 1. The second kappa shape index (κ2) is 8.12. The fourth-order valence-corrected chi connectivity index (χ4v) is 1.81. The molecule has 0 saturated carbocycles. The molecular weight excluding hydrogens is 322 g/mol. The number of hydrogen-bond donors (Lipinski definition) is 3. The quantitative estimate of drug-likeness (QED) is 0.321. The van der Waals surface area contributed by atoms with E-state index < -0.39 is 11.8 Å². The molecule has 25 heavy (non-hydrogen) atoms. The number of nitrogens with two attached hydrogens (primary N) is 1. The Morgan fingerprint density at radius 2 is 1.96 bits per heavy atom. The zero-order valence-electron chi connectivity index (χ0n) is 13.3. The van der Waals surface area contributed by atoms with Gasteiger partial charge in [0, 0.05) is 6.07 Å². The highest BCUT2D eigenvalue weighted by Crippen LogP contribution is 2.24. The fourth-order valence-electron chi connectivity index (χ4n) is 1.81. The molecule has 0 fully saturated rings. The van der Waals surface area contributed by atoms with Crippen molar-refractivity contribution in [3.05, 3.63) is 54.1 Å². The van der Waals surface area contributed by atoms with Gasteiger partial charge in [-0.3, -0.25) is 10.8 Å². The predicted octanol–water partition coefficient (Wildman–Crippen LogP) is 2.49. The monoisotopic (exact) mass is 337 g/mol. The van der Waals surface area contributed by atoms with E-state index in [2.05, 4.69) is 15.3 Å². The molecule has 0 aliphatic carbocycles. The number of hydrazone groups is 1. The van der Waals surface area contributed by atoms with Gasteiger partial charge >= 0.3 is 5.97 Å². The van der Waals surface area contributed by atoms with Gasteiger partial charge in [-0.1, -0.05) is 6.07 Å². The standard InChI is InChI=1S/C17H15N5O3/c1-24-17(23)11-5-7-13(8-6-11)25-14-4-2-3-12(9-14)21-22-15(10-18)16(19)20/h2-9,21H,1H3,(H3,19,20)/b22-15+. The Morgan fingerprint density at radius 1 is 1.24 bits per heavy atom. The van der Waals surface area contributed by atoms with E-state index in [-0.39, 0.29) is 5.71 Å². The predicted molar refractivity (Wildman–Crippen MR) is 92.9 cm³/mol. The first-order valence-corrected chi connectivity index (χ1v) is 7.08. The smallest absolute Gasteiger partial charge is 0.337 e. The molecule has 0 aliphatic rings. The molecule has 2 aromatic rings. The van der Waals surface area contributed by atoms with Crippen LogP contribution in [0.3, 0.4) is 0 Å². The van der Waals surface area contributed by atoms with Crippen molar-refractivity contribution in [2.75, 3.05) is 12.5 Å². The summed E-state index contributed by atoms with van der Waals surface area (Å²) >= 11 is 0. The van der Waals surface area contributed by atoms with E-state index in [1.54, 1.807) is 54.6 Å². The molecule has 0 aromatic heterocycles. The number of methoxy groups -OCH3 is 1. The van der Waals surface area contributed by atoms with Crippen LogP contribution >= 0.6 is 0 Å². The first-order valence-electron chi connectivity index (χ1n) is 7.08. The molecule has 0 atom stereocenters. The molecule has 0 heterocycles. The van der Waals surface area contributed by atoms with E-state index in [4.69, 9.17) is 21.1 Å². The Hall–Kier alpha value is -3.86. The molecule has 8 heteroatoms. The Kier molecular flexibility index (Phi) is 5.68. The van der Waals surface area contributed by atoms with E-state index in [1.165, 1.54) is 7.11 Å². The summed E-state index contributed by atoms with van der Waals surface area (Å²) in [6.45, 7) is 0. The van der Waals surface area contributed by atoms with Gasteiger partial charge in [0.2, 0.25) is 5.71 Å². The molecule has 0 bridgehead atoms. The Labute approximate surface area is 144 Å². The summed E-state index contributed by atoms with van der Waals surface area (Å²) in [5.41, 5.74) is 8.62. The number of hydrogen-bond acceptors (Lipinski definition) is 7. The molecule has 0 aliphatic heterocycles. The van der Waals surface area contributed by atoms with Gasteiger partial charge in [-0.05, 0) is 36.4 Å². The molecule has 0 amide bonds.